The van der Waals surface area contributed by atoms with E-state index in [0.29, 0.717) is 24.1 Å². The summed E-state index contributed by atoms with van der Waals surface area (Å²) in [6, 6.07) is 13.2. The fourth-order valence-electron chi connectivity index (χ4n) is 2.58. The number of benzene rings is 2. The van der Waals surface area contributed by atoms with Crippen LogP contribution in [0.3, 0.4) is 0 Å². The van der Waals surface area contributed by atoms with Gasteiger partial charge in [0.1, 0.15) is 11.6 Å². The highest BCUT2D eigenvalue weighted by Gasteiger charge is 2.14. The minimum Gasteiger partial charge on any atom is -0.454 e. The molecule has 0 saturated carbocycles. The standard InChI is InChI=1S/C19H16FN3O3/c1-23(11-13-2-7-16-17(10-13)25-12-24-16)19-21-9-8-18(22-19)26-15-5-3-14(20)4-6-15/h2-10H,11-12H2,1H3. The number of hydrogen-bond donors (Lipinski definition) is 0. The average Bonchev–Trinajstić information content (AvgIpc) is 3.12. The maximum atomic E-state index is 13.0. The Morgan fingerprint density at radius 2 is 1.88 bits per heavy atom. The highest BCUT2D eigenvalue weighted by atomic mass is 19.1. The van der Waals surface area contributed by atoms with Crippen molar-refractivity contribution in [1.82, 2.24) is 9.97 Å². The zero-order chi connectivity index (χ0) is 17.9. The van der Waals surface area contributed by atoms with Crippen LogP contribution in [0.4, 0.5) is 10.3 Å². The molecule has 0 unspecified atom stereocenters. The summed E-state index contributed by atoms with van der Waals surface area (Å²) in [5, 5.41) is 0. The lowest BCUT2D eigenvalue weighted by molar-refractivity contribution is 0.174. The molecule has 7 heteroatoms. The first-order valence-corrected chi connectivity index (χ1v) is 8.03. The van der Waals surface area contributed by atoms with Crippen molar-refractivity contribution >= 4 is 5.95 Å². The number of rotatable bonds is 5. The highest BCUT2D eigenvalue weighted by Crippen LogP contribution is 2.33. The lowest BCUT2D eigenvalue weighted by Crippen LogP contribution is -2.19. The normalized spacial score (nSPS) is 12.1. The van der Waals surface area contributed by atoms with Gasteiger partial charge in [-0.05, 0) is 42.0 Å². The van der Waals surface area contributed by atoms with E-state index in [1.54, 1.807) is 24.4 Å². The summed E-state index contributed by atoms with van der Waals surface area (Å²) in [5.74, 6) is 2.59. The summed E-state index contributed by atoms with van der Waals surface area (Å²) in [6.07, 6.45) is 1.62. The molecule has 0 saturated heterocycles. The topological polar surface area (TPSA) is 56.7 Å². The Hall–Kier alpha value is -3.35. The zero-order valence-electron chi connectivity index (χ0n) is 14.1. The van der Waals surface area contributed by atoms with Crippen molar-refractivity contribution < 1.29 is 18.6 Å². The second kappa shape index (κ2) is 6.87. The van der Waals surface area contributed by atoms with Crippen LogP contribution < -0.4 is 19.1 Å². The molecule has 0 amide bonds. The Bertz CT molecular complexity index is 918. The largest absolute Gasteiger partial charge is 0.454 e. The summed E-state index contributed by atoms with van der Waals surface area (Å²) >= 11 is 0. The molecule has 0 bridgehead atoms. The third-order valence-corrected chi connectivity index (χ3v) is 3.85. The number of aromatic nitrogens is 2. The summed E-state index contributed by atoms with van der Waals surface area (Å²) in [6.45, 7) is 0.844. The van der Waals surface area contributed by atoms with Crippen LogP contribution in [0.5, 0.6) is 23.1 Å². The summed E-state index contributed by atoms with van der Waals surface area (Å²) in [7, 11) is 1.89. The number of hydrogen-bond acceptors (Lipinski definition) is 6. The van der Waals surface area contributed by atoms with E-state index in [-0.39, 0.29) is 12.6 Å². The molecule has 4 rings (SSSR count). The molecule has 0 radical (unpaired) electrons. The molecular formula is C19H16FN3O3. The van der Waals surface area contributed by atoms with Crippen molar-refractivity contribution in [3.63, 3.8) is 0 Å². The van der Waals surface area contributed by atoms with Gasteiger partial charge in [0.05, 0.1) is 0 Å². The minimum atomic E-state index is -0.316. The highest BCUT2D eigenvalue weighted by molar-refractivity contribution is 5.45. The van der Waals surface area contributed by atoms with Crippen LogP contribution in [-0.2, 0) is 6.54 Å². The van der Waals surface area contributed by atoms with Crippen molar-refractivity contribution in [2.24, 2.45) is 0 Å². The molecule has 3 aromatic rings. The fourth-order valence-corrected chi connectivity index (χ4v) is 2.58. The van der Waals surface area contributed by atoms with Crippen LogP contribution in [0, 0.1) is 5.82 Å². The molecule has 1 aliphatic rings. The number of nitrogens with zero attached hydrogens (tertiary/aromatic N) is 3. The molecule has 1 aromatic heterocycles. The maximum Gasteiger partial charge on any atom is 0.231 e. The average molecular weight is 353 g/mol. The smallest absolute Gasteiger partial charge is 0.231 e. The van der Waals surface area contributed by atoms with Gasteiger partial charge in [-0.25, -0.2) is 9.37 Å². The van der Waals surface area contributed by atoms with E-state index in [4.69, 9.17) is 14.2 Å². The number of fused-ring (bicyclic) bond motifs is 1. The van der Waals surface area contributed by atoms with Gasteiger partial charge >= 0.3 is 0 Å². The van der Waals surface area contributed by atoms with E-state index < -0.39 is 0 Å². The van der Waals surface area contributed by atoms with Crippen molar-refractivity contribution in [3.8, 4) is 23.1 Å². The Labute approximate surface area is 149 Å². The molecule has 0 fully saturated rings. The number of ether oxygens (including phenoxy) is 3. The van der Waals surface area contributed by atoms with Gasteiger partial charge in [-0.3, -0.25) is 0 Å². The first-order valence-electron chi connectivity index (χ1n) is 8.03. The predicted octanol–water partition coefficient (Wildman–Crippen LogP) is 3.77. The van der Waals surface area contributed by atoms with Crippen LogP contribution in [0.2, 0.25) is 0 Å². The van der Waals surface area contributed by atoms with Crippen LogP contribution in [0.1, 0.15) is 5.56 Å². The monoisotopic (exact) mass is 353 g/mol. The third kappa shape index (κ3) is 3.51. The number of anilines is 1. The predicted molar refractivity (Wildman–Crippen MR) is 93.2 cm³/mol. The maximum absolute atomic E-state index is 13.0. The Kier molecular flexibility index (Phi) is 4.27. The summed E-state index contributed by atoms with van der Waals surface area (Å²) in [4.78, 5) is 10.6. The van der Waals surface area contributed by atoms with Gasteiger partial charge in [0, 0.05) is 25.9 Å². The van der Waals surface area contributed by atoms with E-state index in [0.717, 1.165) is 17.1 Å². The van der Waals surface area contributed by atoms with Crippen molar-refractivity contribution in [2.75, 3.05) is 18.7 Å². The molecule has 132 valence electrons. The number of halogens is 1. The van der Waals surface area contributed by atoms with Gasteiger partial charge in [-0.2, -0.15) is 4.98 Å². The molecule has 1 aliphatic heterocycles. The van der Waals surface area contributed by atoms with Gasteiger partial charge in [0.2, 0.25) is 18.6 Å². The quantitative estimate of drug-likeness (QED) is 0.696. The van der Waals surface area contributed by atoms with Gasteiger partial charge < -0.3 is 19.1 Å². The second-order valence-corrected chi connectivity index (χ2v) is 5.79. The lowest BCUT2D eigenvalue weighted by atomic mass is 10.2. The molecule has 26 heavy (non-hydrogen) atoms. The second-order valence-electron chi connectivity index (χ2n) is 5.79. The summed E-state index contributed by atoms with van der Waals surface area (Å²) in [5.41, 5.74) is 1.05. The minimum absolute atomic E-state index is 0.251. The van der Waals surface area contributed by atoms with Crippen LogP contribution in [0.15, 0.2) is 54.7 Å². The molecule has 2 aromatic carbocycles. The fraction of sp³-hybridized carbons (Fsp3) is 0.158. The lowest BCUT2D eigenvalue weighted by Gasteiger charge is -2.17. The van der Waals surface area contributed by atoms with Gasteiger partial charge in [-0.1, -0.05) is 6.07 Å². The van der Waals surface area contributed by atoms with Gasteiger partial charge in [0.15, 0.2) is 11.5 Å². The van der Waals surface area contributed by atoms with Crippen LogP contribution in [0.25, 0.3) is 0 Å². The van der Waals surface area contributed by atoms with Gasteiger partial charge in [0.25, 0.3) is 0 Å². The first-order chi connectivity index (χ1) is 12.7. The molecule has 2 heterocycles. The molecule has 0 N–H and O–H groups in total. The zero-order valence-corrected chi connectivity index (χ0v) is 14.1. The molecular weight excluding hydrogens is 337 g/mol. The molecule has 0 aliphatic carbocycles. The SMILES string of the molecule is CN(Cc1ccc2c(c1)OCO2)c1nccc(Oc2ccc(F)cc2)n1. The van der Waals surface area contributed by atoms with Crippen molar-refractivity contribution in [3.05, 3.63) is 66.1 Å². The Morgan fingerprint density at radius 3 is 2.73 bits per heavy atom. The van der Waals surface area contributed by atoms with E-state index in [1.807, 2.05) is 30.1 Å². The molecule has 0 atom stereocenters. The van der Waals surface area contributed by atoms with E-state index in [1.165, 1.54) is 12.1 Å². The van der Waals surface area contributed by atoms with Crippen molar-refractivity contribution in [2.45, 2.75) is 6.54 Å². The Morgan fingerprint density at radius 1 is 1.08 bits per heavy atom. The Balaban J connectivity index is 1.47. The van der Waals surface area contributed by atoms with Crippen LogP contribution >= 0.6 is 0 Å². The first kappa shape index (κ1) is 16.1. The van der Waals surface area contributed by atoms with Gasteiger partial charge in [-0.15, -0.1) is 0 Å². The van der Waals surface area contributed by atoms with Crippen LogP contribution in [-0.4, -0.2) is 23.8 Å². The van der Waals surface area contributed by atoms with E-state index >= 15 is 0 Å². The summed E-state index contributed by atoms with van der Waals surface area (Å²) < 4.78 is 29.4. The molecule has 6 nitrogen and oxygen atoms in total. The molecule has 0 spiro atoms. The van der Waals surface area contributed by atoms with Crippen molar-refractivity contribution in [1.29, 1.82) is 0 Å². The van der Waals surface area contributed by atoms with E-state index in [9.17, 15) is 4.39 Å². The van der Waals surface area contributed by atoms with E-state index in [2.05, 4.69) is 9.97 Å². The third-order valence-electron chi connectivity index (χ3n) is 3.85.